The SMILES string of the molecule is COC(=O)c1cc(SCc2ccccc2)cc(-c2ccccc2)c1C(=O)OC. The average molecular weight is 392 g/mol. The van der Waals surface area contributed by atoms with Gasteiger partial charge in [-0.05, 0) is 28.8 Å². The van der Waals surface area contributed by atoms with Crippen LogP contribution in [-0.2, 0) is 15.2 Å². The summed E-state index contributed by atoms with van der Waals surface area (Å²) in [4.78, 5) is 25.8. The summed E-state index contributed by atoms with van der Waals surface area (Å²) in [5, 5.41) is 0. The number of hydrogen-bond donors (Lipinski definition) is 0. The van der Waals surface area contributed by atoms with E-state index in [0.717, 1.165) is 16.2 Å². The number of carbonyl (C=O) groups is 2. The summed E-state index contributed by atoms with van der Waals surface area (Å²) in [5.41, 5.74) is 3.06. The fourth-order valence-electron chi connectivity index (χ4n) is 2.88. The van der Waals surface area contributed by atoms with Crippen molar-refractivity contribution in [3.05, 3.63) is 89.5 Å². The van der Waals surface area contributed by atoms with Crippen molar-refractivity contribution in [1.82, 2.24) is 0 Å². The second kappa shape index (κ2) is 9.24. The zero-order valence-corrected chi connectivity index (χ0v) is 16.5. The molecule has 0 bridgehead atoms. The van der Waals surface area contributed by atoms with Crippen molar-refractivity contribution < 1.29 is 19.1 Å². The van der Waals surface area contributed by atoms with Crippen LogP contribution in [0.1, 0.15) is 26.3 Å². The first-order chi connectivity index (χ1) is 13.6. The molecular weight excluding hydrogens is 372 g/mol. The molecule has 0 amide bonds. The van der Waals surface area contributed by atoms with Gasteiger partial charge >= 0.3 is 11.9 Å². The average Bonchev–Trinajstić information content (AvgIpc) is 2.77. The molecule has 0 N–H and O–H groups in total. The summed E-state index contributed by atoms with van der Waals surface area (Å²) < 4.78 is 9.87. The van der Waals surface area contributed by atoms with Gasteiger partial charge < -0.3 is 9.47 Å². The predicted octanol–water partition coefficient (Wildman–Crippen LogP) is 5.22. The van der Waals surface area contributed by atoms with Gasteiger partial charge in [-0.25, -0.2) is 9.59 Å². The lowest BCUT2D eigenvalue weighted by Gasteiger charge is -2.15. The molecule has 3 rings (SSSR count). The third kappa shape index (κ3) is 4.43. The van der Waals surface area contributed by atoms with Gasteiger partial charge in [0.2, 0.25) is 0 Å². The molecule has 0 spiro atoms. The second-order valence-electron chi connectivity index (χ2n) is 6.02. The van der Waals surface area contributed by atoms with Crippen LogP contribution in [0, 0.1) is 0 Å². The minimum Gasteiger partial charge on any atom is -0.465 e. The highest BCUT2D eigenvalue weighted by Gasteiger charge is 2.24. The molecule has 3 aromatic carbocycles. The van der Waals surface area contributed by atoms with E-state index >= 15 is 0 Å². The molecule has 28 heavy (non-hydrogen) atoms. The van der Waals surface area contributed by atoms with Gasteiger partial charge in [0.25, 0.3) is 0 Å². The first-order valence-corrected chi connectivity index (χ1v) is 9.69. The zero-order chi connectivity index (χ0) is 19.9. The highest BCUT2D eigenvalue weighted by Crippen LogP contribution is 2.34. The number of methoxy groups -OCH3 is 2. The smallest absolute Gasteiger partial charge is 0.339 e. The van der Waals surface area contributed by atoms with Gasteiger partial charge in [-0.1, -0.05) is 60.7 Å². The lowest BCUT2D eigenvalue weighted by atomic mass is 9.95. The van der Waals surface area contributed by atoms with Crippen molar-refractivity contribution in [2.75, 3.05) is 14.2 Å². The molecule has 0 unspecified atom stereocenters. The Balaban J connectivity index is 2.11. The van der Waals surface area contributed by atoms with Crippen LogP contribution in [0.2, 0.25) is 0 Å². The number of carbonyl (C=O) groups excluding carboxylic acids is 2. The molecule has 0 heterocycles. The van der Waals surface area contributed by atoms with Crippen molar-refractivity contribution in [2.45, 2.75) is 10.6 Å². The number of thioether (sulfide) groups is 1. The number of esters is 2. The molecule has 0 fully saturated rings. The van der Waals surface area contributed by atoms with Gasteiger partial charge in [0.1, 0.15) is 0 Å². The number of hydrogen-bond acceptors (Lipinski definition) is 5. The normalized spacial score (nSPS) is 10.4. The van der Waals surface area contributed by atoms with E-state index in [-0.39, 0.29) is 11.1 Å². The highest BCUT2D eigenvalue weighted by molar-refractivity contribution is 7.98. The molecule has 0 aliphatic carbocycles. The molecule has 142 valence electrons. The maximum atomic E-state index is 12.5. The highest BCUT2D eigenvalue weighted by atomic mass is 32.2. The summed E-state index contributed by atoms with van der Waals surface area (Å²) in [7, 11) is 2.60. The van der Waals surface area contributed by atoms with Crippen LogP contribution in [0.25, 0.3) is 11.1 Å². The predicted molar refractivity (Wildman–Crippen MR) is 111 cm³/mol. The third-order valence-electron chi connectivity index (χ3n) is 4.24. The van der Waals surface area contributed by atoms with Gasteiger partial charge in [0.15, 0.2) is 0 Å². The van der Waals surface area contributed by atoms with Crippen molar-refractivity contribution >= 4 is 23.7 Å². The number of benzene rings is 3. The fraction of sp³-hybridized carbons (Fsp3) is 0.130. The van der Waals surface area contributed by atoms with E-state index in [1.165, 1.54) is 19.8 Å². The Morgan fingerprint density at radius 2 is 1.43 bits per heavy atom. The van der Waals surface area contributed by atoms with Crippen molar-refractivity contribution in [3.63, 3.8) is 0 Å². The largest absolute Gasteiger partial charge is 0.465 e. The summed E-state index contributed by atoms with van der Waals surface area (Å²) in [6, 6.07) is 23.1. The summed E-state index contributed by atoms with van der Waals surface area (Å²) in [6.07, 6.45) is 0. The van der Waals surface area contributed by atoms with E-state index in [2.05, 4.69) is 12.1 Å². The Labute approximate surface area is 168 Å². The van der Waals surface area contributed by atoms with Gasteiger partial charge in [-0.2, -0.15) is 0 Å². The Morgan fingerprint density at radius 1 is 0.821 bits per heavy atom. The topological polar surface area (TPSA) is 52.6 Å². The van der Waals surface area contributed by atoms with Crippen LogP contribution >= 0.6 is 11.8 Å². The molecule has 0 saturated heterocycles. The quantitative estimate of drug-likeness (QED) is 0.425. The first kappa shape index (κ1) is 19.7. The van der Waals surface area contributed by atoms with Crippen molar-refractivity contribution in [1.29, 1.82) is 0 Å². The summed E-state index contributed by atoms with van der Waals surface area (Å²) in [6.45, 7) is 0. The van der Waals surface area contributed by atoms with E-state index in [1.807, 2.05) is 54.6 Å². The van der Waals surface area contributed by atoms with Crippen molar-refractivity contribution in [2.24, 2.45) is 0 Å². The monoisotopic (exact) mass is 392 g/mol. The first-order valence-electron chi connectivity index (χ1n) is 8.71. The van der Waals surface area contributed by atoms with Crippen LogP contribution in [0.4, 0.5) is 0 Å². The van der Waals surface area contributed by atoms with E-state index in [9.17, 15) is 9.59 Å². The molecule has 0 aromatic heterocycles. The molecule has 0 aliphatic heterocycles. The summed E-state index contributed by atoms with van der Waals surface area (Å²) >= 11 is 1.59. The lowest BCUT2D eigenvalue weighted by Crippen LogP contribution is -2.13. The van der Waals surface area contributed by atoms with Crippen LogP contribution in [0.3, 0.4) is 0 Å². The minimum absolute atomic E-state index is 0.200. The Bertz CT molecular complexity index is 969. The van der Waals surface area contributed by atoms with Gasteiger partial charge in [0, 0.05) is 10.6 Å². The summed E-state index contributed by atoms with van der Waals surface area (Å²) in [5.74, 6) is -0.397. The molecule has 4 nitrogen and oxygen atoms in total. The third-order valence-corrected chi connectivity index (χ3v) is 5.29. The van der Waals surface area contributed by atoms with E-state index in [0.29, 0.717) is 5.56 Å². The molecule has 0 aliphatic rings. The van der Waals surface area contributed by atoms with Gasteiger partial charge in [-0.3, -0.25) is 0 Å². The molecule has 0 radical (unpaired) electrons. The maximum absolute atomic E-state index is 12.5. The van der Waals surface area contributed by atoms with E-state index < -0.39 is 11.9 Å². The molecule has 0 atom stereocenters. The fourth-order valence-corrected chi connectivity index (χ4v) is 3.81. The van der Waals surface area contributed by atoms with E-state index in [4.69, 9.17) is 9.47 Å². The molecule has 3 aromatic rings. The van der Waals surface area contributed by atoms with Crippen LogP contribution in [0.15, 0.2) is 77.7 Å². The lowest BCUT2D eigenvalue weighted by molar-refractivity contribution is 0.0555. The number of rotatable bonds is 6. The van der Waals surface area contributed by atoms with Crippen LogP contribution in [0.5, 0.6) is 0 Å². The number of ether oxygens (including phenoxy) is 2. The maximum Gasteiger partial charge on any atom is 0.339 e. The van der Waals surface area contributed by atoms with E-state index in [1.54, 1.807) is 17.8 Å². The molecular formula is C23H20O4S. The van der Waals surface area contributed by atoms with Crippen molar-refractivity contribution in [3.8, 4) is 11.1 Å². The zero-order valence-electron chi connectivity index (χ0n) is 15.7. The van der Waals surface area contributed by atoms with Crippen LogP contribution < -0.4 is 0 Å². The molecule has 0 saturated carbocycles. The van der Waals surface area contributed by atoms with Gasteiger partial charge in [-0.15, -0.1) is 11.8 Å². The Morgan fingerprint density at radius 3 is 2.04 bits per heavy atom. The minimum atomic E-state index is -0.570. The Hall–Kier alpha value is -3.05. The second-order valence-corrected chi connectivity index (χ2v) is 7.07. The molecule has 5 heteroatoms. The van der Waals surface area contributed by atoms with Gasteiger partial charge in [0.05, 0.1) is 25.3 Å². The Kier molecular flexibility index (Phi) is 6.50. The van der Waals surface area contributed by atoms with Crippen LogP contribution in [-0.4, -0.2) is 26.2 Å². The standard InChI is InChI=1S/C23H20O4S/c1-26-22(24)20-14-18(28-15-16-9-5-3-6-10-16)13-19(21(20)23(25)27-2)17-11-7-4-8-12-17/h3-14H,15H2,1-2H3.